The minimum absolute atomic E-state index is 0.0480. The Hall–Kier alpha value is -1.26. The molecule has 0 saturated carbocycles. The molecule has 0 bridgehead atoms. The molecule has 1 aromatic rings. The first-order chi connectivity index (χ1) is 8.87. The molecule has 0 radical (unpaired) electrons. The van der Waals surface area contributed by atoms with Crippen molar-refractivity contribution in [3.8, 4) is 5.75 Å². The average Bonchev–Trinajstić information content (AvgIpc) is 2.67. The number of hydrogen-bond donors (Lipinski definition) is 1. The molecule has 0 spiro atoms. The number of carboxylic acid groups (broad SMARTS) is 1. The Bertz CT molecular complexity index is 484. The van der Waals surface area contributed by atoms with Gasteiger partial charge in [0.25, 0.3) is 0 Å². The molecular weight excluding hydrogens is 268 g/mol. The molecule has 4 nitrogen and oxygen atoms in total. The third-order valence-electron chi connectivity index (χ3n) is 3.16. The summed E-state index contributed by atoms with van der Waals surface area (Å²) in [4.78, 5) is 11.0. The van der Waals surface area contributed by atoms with E-state index in [-0.39, 0.29) is 22.3 Å². The molecule has 1 atom stereocenters. The van der Waals surface area contributed by atoms with Gasteiger partial charge in [-0.15, -0.1) is 0 Å². The predicted molar refractivity (Wildman–Crippen MR) is 72.1 cm³/mol. The molecule has 19 heavy (non-hydrogen) atoms. The highest BCUT2D eigenvalue weighted by Crippen LogP contribution is 2.30. The molecule has 1 unspecified atom stereocenters. The molecule has 0 aliphatic carbocycles. The van der Waals surface area contributed by atoms with Gasteiger partial charge in [-0.1, -0.05) is 11.6 Å². The zero-order valence-corrected chi connectivity index (χ0v) is 11.7. The first-order valence-electron chi connectivity index (χ1n) is 6.21. The highest BCUT2D eigenvalue weighted by Gasteiger charge is 2.31. The molecular formula is C14H17ClO4. The summed E-state index contributed by atoms with van der Waals surface area (Å²) in [5, 5.41) is 9.18. The zero-order chi connectivity index (χ0) is 14.0. The first-order valence-corrected chi connectivity index (χ1v) is 6.59. The Balaban J connectivity index is 1.97. The van der Waals surface area contributed by atoms with Gasteiger partial charge >= 0.3 is 5.97 Å². The fourth-order valence-electron chi connectivity index (χ4n) is 2.14. The molecule has 5 heteroatoms. The lowest BCUT2D eigenvalue weighted by Crippen LogP contribution is -2.23. The van der Waals surface area contributed by atoms with Crippen LogP contribution in [0, 0.1) is 0 Å². The number of hydrogen-bond acceptors (Lipinski definition) is 3. The summed E-state index contributed by atoms with van der Waals surface area (Å²) < 4.78 is 11.4. The summed E-state index contributed by atoms with van der Waals surface area (Å²) in [6.45, 7) is 4.53. The van der Waals surface area contributed by atoms with Crippen LogP contribution >= 0.6 is 11.6 Å². The maximum absolute atomic E-state index is 11.0. The van der Waals surface area contributed by atoms with Crippen LogP contribution in [-0.2, 0) is 4.74 Å². The van der Waals surface area contributed by atoms with Crippen molar-refractivity contribution in [2.24, 2.45) is 0 Å². The molecule has 0 amide bonds. The first kappa shape index (κ1) is 14.2. The lowest BCUT2D eigenvalue weighted by molar-refractivity contribution is -0.0326. The van der Waals surface area contributed by atoms with E-state index in [1.165, 1.54) is 12.1 Å². The van der Waals surface area contributed by atoms with Gasteiger partial charge in [0.15, 0.2) is 0 Å². The number of carboxylic acids is 1. The van der Waals surface area contributed by atoms with Crippen LogP contribution in [0.2, 0.25) is 5.02 Å². The molecule has 2 rings (SSSR count). The normalized spacial score (nSPS) is 21.3. The van der Waals surface area contributed by atoms with Gasteiger partial charge in [-0.3, -0.25) is 0 Å². The molecule has 1 saturated heterocycles. The smallest absolute Gasteiger partial charge is 0.337 e. The van der Waals surface area contributed by atoms with E-state index < -0.39 is 5.97 Å². The van der Waals surface area contributed by atoms with Crippen molar-refractivity contribution in [1.82, 2.24) is 0 Å². The summed E-state index contributed by atoms with van der Waals surface area (Å²) in [5.74, 6) is -0.566. The maximum atomic E-state index is 11.0. The molecule has 104 valence electrons. The molecule has 1 aromatic carbocycles. The lowest BCUT2D eigenvalue weighted by Gasteiger charge is -2.19. The van der Waals surface area contributed by atoms with E-state index in [0.717, 1.165) is 12.8 Å². The third kappa shape index (κ3) is 3.61. The second-order valence-corrected chi connectivity index (χ2v) is 5.70. The Morgan fingerprint density at radius 1 is 1.58 bits per heavy atom. The van der Waals surface area contributed by atoms with E-state index >= 15 is 0 Å². The highest BCUT2D eigenvalue weighted by molar-refractivity contribution is 6.33. The van der Waals surface area contributed by atoms with Crippen molar-refractivity contribution in [2.45, 2.75) is 38.4 Å². The number of rotatable bonds is 4. The van der Waals surface area contributed by atoms with Crippen molar-refractivity contribution < 1.29 is 19.4 Å². The van der Waals surface area contributed by atoms with E-state index in [2.05, 4.69) is 13.8 Å². The second kappa shape index (κ2) is 5.39. The van der Waals surface area contributed by atoms with Gasteiger partial charge in [0.05, 0.1) is 22.3 Å². The quantitative estimate of drug-likeness (QED) is 0.921. The van der Waals surface area contributed by atoms with Crippen LogP contribution in [0.15, 0.2) is 18.2 Å². The minimum atomic E-state index is -1.06. The number of benzene rings is 1. The van der Waals surface area contributed by atoms with Crippen molar-refractivity contribution >= 4 is 17.6 Å². The van der Waals surface area contributed by atoms with Crippen LogP contribution in [0.5, 0.6) is 5.75 Å². The predicted octanol–water partition coefficient (Wildman–Crippen LogP) is 3.37. The number of ether oxygens (including phenoxy) is 2. The SMILES string of the molecule is CC1(C)CCC(COc2ccc(Cl)c(C(=O)O)c2)O1. The summed E-state index contributed by atoms with van der Waals surface area (Å²) in [6, 6.07) is 4.62. The van der Waals surface area contributed by atoms with E-state index in [0.29, 0.717) is 12.4 Å². The van der Waals surface area contributed by atoms with E-state index in [1.807, 2.05) is 0 Å². The Labute approximate surface area is 117 Å². The van der Waals surface area contributed by atoms with Crippen molar-refractivity contribution in [2.75, 3.05) is 6.61 Å². The van der Waals surface area contributed by atoms with Crippen LogP contribution in [0.25, 0.3) is 0 Å². The number of aromatic carboxylic acids is 1. The van der Waals surface area contributed by atoms with Crippen LogP contribution in [0.1, 0.15) is 37.0 Å². The Morgan fingerprint density at radius 2 is 2.32 bits per heavy atom. The van der Waals surface area contributed by atoms with Crippen LogP contribution in [0.3, 0.4) is 0 Å². The van der Waals surface area contributed by atoms with Crippen LogP contribution in [-0.4, -0.2) is 29.4 Å². The molecule has 0 aromatic heterocycles. The average molecular weight is 285 g/mol. The molecule has 1 aliphatic heterocycles. The molecule has 1 N–H and O–H groups in total. The molecule has 1 aliphatic rings. The number of carbonyl (C=O) groups is 1. The maximum Gasteiger partial charge on any atom is 0.337 e. The van der Waals surface area contributed by atoms with Crippen LogP contribution < -0.4 is 4.74 Å². The van der Waals surface area contributed by atoms with E-state index in [4.69, 9.17) is 26.2 Å². The van der Waals surface area contributed by atoms with Crippen LogP contribution in [0.4, 0.5) is 0 Å². The summed E-state index contributed by atoms with van der Waals surface area (Å²) in [7, 11) is 0. The lowest BCUT2D eigenvalue weighted by atomic mass is 10.1. The highest BCUT2D eigenvalue weighted by atomic mass is 35.5. The standard InChI is InChI=1S/C14H17ClO4/c1-14(2)6-5-10(19-14)8-18-9-3-4-12(15)11(7-9)13(16)17/h3-4,7,10H,5-6,8H2,1-2H3,(H,16,17). The van der Waals surface area contributed by atoms with Gasteiger partial charge < -0.3 is 14.6 Å². The van der Waals surface area contributed by atoms with E-state index in [9.17, 15) is 4.79 Å². The second-order valence-electron chi connectivity index (χ2n) is 5.30. The van der Waals surface area contributed by atoms with Gasteiger partial charge in [-0.25, -0.2) is 4.79 Å². The third-order valence-corrected chi connectivity index (χ3v) is 3.49. The number of halogens is 1. The largest absolute Gasteiger partial charge is 0.491 e. The fraction of sp³-hybridized carbons (Fsp3) is 0.500. The molecule has 1 fully saturated rings. The Morgan fingerprint density at radius 3 is 2.89 bits per heavy atom. The Kier molecular flexibility index (Phi) is 4.02. The van der Waals surface area contributed by atoms with Gasteiger partial charge in [0.2, 0.25) is 0 Å². The minimum Gasteiger partial charge on any atom is -0.491 e. The van der Waals surface area contributed by atoms with Crippen molar-refractivity contribution in [3.05, 3.63) is 28.8 Å². The van der Waals surface area contributed by atoms with Gasteiger partial charge in [-0.2, -0.15) is 0 Å². The van der Waals surface area contributed by atoms with Gasteiger partial charge in [0, 0.05) is 0 Å². The topological polar surface area (TPSA) is 55.8 Å². The summed E-state index contributed by atoms with van der Waals surface area (Å²) in [6.07, 6.45) is 2.01. The van der Waals surface area contributed by atoms with Gasteiger partial charge in [-0.05, 0) is 44.9 Å². The fourth-order valence-corrected chi connectivity index (χ4v) is 2.34. The van der Waals surface area contributed by atoms with E-state index in [1.54, 1.807) is 6.07 Å². The van der Waals surface area contributed by atoms with Crippen molar-refractivity contribution in [1.29, 1.82) is 0 Å². The van der Waals surface area contributed by atoms with Gasteiger partial charge in [0.1, 0.15) is 12.4 Å². The summed E-state index contributed by atoms with van der Waals surface area (Å²) >= 11 is 5.79. The molecule has 1 heterocycles. The van der Waals surface area contributed by atoms with Crippen molar-refractivity contribution in [3.63, 3.8) is 0 Å². The zero-order valence-electron chi connectivity index (χ0n) is 11.0. The summed E-state index contributed by atoms with van der Waals surface area (Å²) in [5.41, 5.74) is -0.0490. The monoisotopic (exact) mass is 284 g/mol.